The molecule has 2 aliphatic rings. The Balaban J connectivity index is 2.08. The van der Waals surface area contributed by atoms with Gasteiger partial charge in [-0.25, -0.2) is 4.79 Å². The van der Waals surface area contributed by atoms with Crippen molar-refractivity contribution in [2.24, 2.45) is 5.92 Å². The highest BCUT2D eigenvalue weighted by Gasteiger charge is 2.43. The van der Waals surface area contributed by atoms with Crippen LogP contribution in [0, 0.1) is 5.92 Å². The molecule has 4 unspecified atom stereocenters. The van der Waals surface area contributed by atoms with Crippen LogP contribution in [0.3, 0.4) is 0 Å². The number of fused-ring (bicyclic) bond motifs is 1. The summed E-state index contributed by atoms with van der Waals surface area (Å²) < 4.78 is 5.18. The largest absolute Gasteiger partial charge is 0.480 e. The molecule has 1 aliphatic carbocycles. The topological polar surface area (TPSA) is 66.8 Å². The van der Waals surface area contributed by atoms with Crippen LogP contribution >= 0.6 is 0 Å². The third-order valence-corrected chi connectivity index (χ3v) is 5.11. The number of carboxylic acids is 1. The third kappa shape index (κ3) is 3.76. The van der Waals surface area contributed by atoms with Gasteiger partial charge in [-0.05, 0) is 44.9 Å². The summed E-state index contributed by atoms with van der Waals surface area (Å²) in [4.78, 5) is 25.8. The minimum absolute atomic E-state index is 0.0112. The predicted octanol–water partition coefficient (Wildman–Crippen LogP) is 2.44. The van der Waals surface area contributed by atoms with E-state index in [1.807, 2.05) is 6.92 Å². The standard InChI is InChI=1S/C16H27NO4/c1-11(21-2)7-10-15(18)17-13-6-4-3-5-12(13)8-9-14(17)16(19)20/h11-14H,3-10H2,1-2H3,(H,19,20). The van der Waals surface area contributed by atoms with Crippen molar-refractivity contribution in [1.82, 2.24) is 4.90 Å². The van der Waals surface area contributed by atoms with E-state index in [0.717, 1.165) is 25.7 Å². The molecule has 120 valence electrons. The van der Waals surface area contributed by atoms with Crippen LogP contribution in [0.1, 0.15) is 58.3 Å². The van der Waals surface area contributed by atoms with Gasteiger partial charge in [0.05, 0.1) is 6.10 Å². The lowest BCUT2D eigenvalue weighted by molar-refractivity contribution is -0.158. The van der Waals surface area contributed by atoms with E-state index in [2.05, 4.69) is 0 Å². The van der Waals surface area contributed by atoms with Crippen LogP contribution in [0.2, 0.25) is 0 Å². The van der Waals surface area contributed by atoms with E-state index in [-0.39, 0.29) is 18.1 Å². The maximum Gasteiger partial charge on any atom is 0.326 e. The Labute approximate surface area is 126 Å². The van der Waals surface area contributed by atoms with E-state index >= 15 is 0 Å². The zero-order valence-electron chi connectivity index (χ0n) is 13.1. The van der Waals surface area contributed by atoms with E-state index in [0.29, 0.717) is 25.2 Å². The molecule has 1 saturated heterocycles. The van der Waals surface area contributed by atoms with Crippen molar-refractivity contribution < 1.29 is 19.4 Å². The molecule has 1 aliphatic heterocycles. The molecule has 1 saturated carbocycles. The third-order valence-electron chi connectivity index (χ3n) is 5.11. The maximum atomic E-state index is 12.6. The van der Waals surface area contributed by atoms with E-state index in [9.17, 15) is 14.7 Å². The number of hydrogen-bond donors (Lipinski definition) is 1. The number of carbonyl (C=O) groups excluding carboxylic acids is 1. The molecule has 1 N–H and O–H groups in total. The van der Waals surface area contributed by atoms with Crippen molar-refractivity contribution in [3.05, 3.63) is 0 Å². The number of methoxy groups -OCH3 is 1. The fraction of sp³-hybridized carbons (Fsp3) is 0.875. The molecule has 1 heterocycles. The first-order valence-corrected chi connectivity index (χ1v) is 8.11. The lowest BCUT2D eigenvalue weighted by atomic mass is 9.76. The first kappa shape index (κ1) is 16.3. The normalized spacial score (nSPS) is 30.6. The number of ether oxygens (including phenoxy) is 1. The second-order valence-corrected chi connectivity index (χ2v) is 6.43. The lowest BCUT2D eigenvalue weighted by Crippen LogP contribution is -2.57. The first-order valence-electron chi connectivity index (χ1n) is 8.11. The average molecular weight is 297 g/mol. The molecule has 0 aromatic heterocycles. The van der Waals surface area contributed by atoms with Crippen LogP contribution in [0.15, 0.2) is 0 Å². The second kappa shape index (κ2) is 7.25. The molecule has 2 fully saturated rings. The smallest absolute Gasteiger partial charge is 0.326 e. The Morgan fingerprint density at radius 3 is 2.62 bits per heavy atom. The van der Waals surface area contributed by atoms with Gasteiger partial charge in [-0.2, -0.15) is 0 Å². The van der Waals surface area contributed by atoms with Crippen molar-refractivity contribution >= 4 is 11.9 Å². The van der Waals surface area contributed by atoms with E-state index < -0.39 is 12.0 Å². The maximum absolute atomic E-state index is 12.6. The summed E-state index contributed by atoms with van der Waals surface area (Å²) in [5.74, 6) is -0.367. The van der Waals surface area contributed by atoms with Crippen LogP contribution in [0.5, 0.6) is 0 Å². The summed E-state index contributed by atoms with van der Waals surface area (Å²) in [6.45, 7) is 1.93. The van der Waals surface area contributed by atoms with Crippen molar-refractivity contribution in [2.75, 3.05) is 7.11 Å². The van der Waals surface area contributed by atoms with Crippen LogP contribution in [0.4, 0.5) is 0 Å². The van der Waals surface area contributed by atoms with Gasteiger partial charge in [0.25, 0.3) is 0 Å². The number of carboxylic acid groups (broad SMARTS) is 1. The number of piperidine rings is 1. The van der Waals surface area contributed by atoms with Gasteiger partial charge in [-0.1, -0.05) is 12.8 Å². The van der Waals surface area contributed by atoms with Gasteiger partial charge in [-0.15, -0.1) is 0 Å². The number of aliphatic carboxylic acids is 1. The fourth-order valence-corrected chi connectivity index (χ4v) is 3.81. The molecular weight excluding hydrogens is 270 g/mol. The molecule has 0 bridgehead atoms. The van der Waals surface area contributed by atoms with Gasteiger partial charge in [-0.3, -0.25) is 4.79 Å². The quantitative estimate of drug-likeness (QED) is 0.846. The van der Waals surface area contributed by atoms with Crippen LogP contribution in [-0.4, -0.2) is 47.2 Å². The number of rotatable bonds is 5. The highest BCUT2D eigenvalue weighted by molar-refractivity contribution is 5.84. The molecule has 5 heteroatoms. The summed E-state index contributed by atoms with van der Waals surface area (Å²) in [5, 5.41) is 9.45. The number of hydrogen-bond acceptors (Lipinski definition) is 3. The zero-order valence-corrected chi connectivity index (χ0v) is 13.1. The Bertz CT molecular complexity index is 384. The summed E-state index contributed by atoms with van der Waals surface area (Å²) in [6, 6.07) is -0.492. The van der Waals surface area contributed by atoms with Crippen LogP contribution < -0.4 is 0 Å². The highest BCUT2D eigenvalue weighted by Crippen LogP contribution is 2.38. The SMILES string of the molecule is COC(C)CCC(=O)N1C(C(=O)O)CCC2CCCCC21. The van der Waals surface area contributed by atoms with E-state index in [4.69, 9.17) is 4.74 Å². The zero-order chi connectivity index (χ0) is 15.4. The Morgan fingerprint density at radius 2 is 1.95 bits per heavy atom. The van der Waals surface area contributed by atoms with Gasteiger partial charge < -0.3 is 14.7 Å². The van der Waals surface area contributed by atoms with Crippen LogP contribution in [-0.2, 0) is 14.3 Å². The molecule has 1 amide bonds. The fourth-order valence-electron chi connectivity index (χ4n) is 3.81. The summed E-state index contributed by atoms with van der Waals surface area (Å²) in [5.41, 5.74) is 0. The monoisotopic (exact) mass is 297 g/mol. The molecule has 0 spiro atoms. The molecule has 4 atom stereocenters. The minimum atomic E-state index is -0.854. The summed E-state index contributed by atoms with van der Waals surface area (Å²) >= 11 is 0. The second-order valence-electron chi connectivity index (χ2n) is 6.43. The van der Waals surface area contributed by atoms with E-state index in [1.165, 1.54) is 6.42 Å². The van der Waals surface area contributed by atoms with Gasteiger partial charge in [0, 0.05) is 19.6 Å². The lowest BCUT2D eigenvalue weighted by Gasteiger charge is -2.47. The number of carbonyl (C=O) groups is 2. The molecule has 2 rings (SSSR count). The van der Waals surface area contributed by atoms with Crippen molar-refractivity contribution in [3.63, 3.8) is 0 Å². The van der Waals surface area contributed by atoms with Crippen LogP contribution in [0.25, 0.3) is 0 Å². The number of likely N-dealkylation sites (tertiary alicyclic amines) is 1. The highest BCUT2D eigenvalue weighted by atomic mass is 16.5. The molecule has 0 aromatic carbocycles. The number of amides is 1. The molecular formula is C16H27NO4. The van der Waals surface area contributed by atoms with E-state index in [1.54, 1.807) is 12.0 Å². The average Bonchev–Trinajstić information content (AvgIpc) is 2.50. The summed E-state index contributed by atoms with van der Waals surface area (Å²) in [7, 11) is 1.63. The van der Waals surface area contributed by atoms with Gasteiger partial charge in [0.15, 0.2) is 0 Å². The number of nitrogens with zero attached hydrogens (tertiary/aromatic N) is 1. The van der Waals surface area contributed by atoms with Crippen molar-refractivity contribution in [2.45, 2.75) is 76.5 Å². The van der Waals surface area contributed by atoms with Crippen molar-refractivity contribution in [3.8, 4) is 0 Å². The van der Waals surface area contributed by atoms with Gasteiger partial charge in [0.2, 0.25) is 5.91 Å². The Kier molecular flexibility index (Phi) is 5.62. The molecule has 5 nitrogen and oxygen atoms in total. The molecule has 21 heavy (non-hydrogen) atoms. The predicted molar refractivity (Wildman–Crippen MR) is 79.0 cm³/mol. The van der Waals surface area contributed by atoms with Gasteiger partial charge in [0.1, 0.15) is 6.04 Å². The molecule has 0 radical (unpaired) electrons. The molecule has 0 aromatic rings. The minimum Gasteiger partial charge on any atom is -0.480 e. The Morgan fingerprint density at radius 1 is 1.24 bits per heavy atom. The first-order chi connectivity index (χ1) is 10.0. The van der Waals surface area contributed by atoms with Crippen molar-refractivity contribution in [1.29, 1.82) is 0 Å². The summed E-state index contributed by atoms with van der Waals surface area (Å²) in [6.07, 6.45) is 7.01. The van der Waals surface area contributed by atoms with Gasteiger partial charge >= 0.3 is 5.97 Å². The Hall–Kier alpha value is -1.10.